The minimum atomic E-state index is 0.0414. The van der Waals surface area contributed by atoms with Crippen LogP contribution in [0.5, 0.6) is 0 Å². The molecule has 1 aromatic rings. The average molecular weight is 290 g/mol. The van der Waals surface area contributed by atoms with Crippen molar-refractivity contribution < 1.29 is 4.79 Å². The van der Waals surface area contributed by atoms with Crippen LogP contribution in [-0.4, -0.2) is 40.3 Å². The third-order valence-electron chi connectivity index (χ3n) is 3.86. The first-order chi connectivity index (χ1) is 9.97. The van der Waals surface area contributed by atoms with Crippen LogP contribution < -0.4 is 5.32 Å². The molecule has 1 aromatic heterocycles. The van der Waals surface area contributed by atoms with Gasteiger partial charge in [-0.05, 0) is 24.3 Å². The average Bonchev–Trinajstić information content (AvgIpc) is 2.96. The quantitative estimate of drug-likeness (QED) is 0.684. The smallest absolute Gasteiger partial charge is 0.317 e. The Labute approximate surface area is 127 Å². The van der Waals surface area contributed by atoms with Gasteiger partial charge in [-0.15, -0.1) is 0 Å². The molecule has 0 saturated heterocycles. The molecule has 1 aliphatic heterocycles. The van der Waals surface area contributed by atoms with Crippen molar-refractivity contribution in [2.45, 2.75) is 40.2 Å². The number of carbonyl (C=O) groups excluding carboxylic acids is 1. The van der Waals surface area contributed by atoms with E-state index in [2.05, 4.69) is 37.3 Å². The maximum Gasteiger partial charge on any atom is 0.317 e. The molecule has 2 amide bonds. The first-order valence-electron chi connectivity index (χ1n) is 7.66. The molecule has 116 valence electrons. The summed E-state index contributed by atoms with van der Waals surface area (Å²) in [6.45, 7) is 9.73. The van der Waals surface area contributed by atoms with E-state index in [-0.39, 0.29) is 11.4 Å². The summed E-state index contributed by atoms with van der Waals surface area (Å²) in [5.41, 5.74) is 1.66. The topological polar surface area (TPSA) is 50.2 Å². The molecule has 0 radical (unpaired) electrons. The monoisotopic (exact) mass is 290 g/mol. The SMILES string of the molecule is CC(C)(C)C1=CCN(C(=O)NCCCn2cccn2)CC1. The number of aryl methyl sites for hydroxylation is 1. The van der Waals surface area contributed by atoms with E-state index in [0.717, 1.165) is 32.5 Å². The molecule has 0 unspecified atom stereocenters. The van der Waals surface area contributed by atoms with E-state index < -0.39 is 0 Å². The zero-order chi connectivity index (χ0) is 15.3. The van der Waals surface area contributed by atoms with E-state index in [4.69, 9.17) is 0 Å². The summed E-state index contributed by atoms with van der Waals surface area (Å²) < 4.78 is 1.88. The number of rotatable bonds is 4. The second kappa shape index (κ2) is 6.78. The molecule has 21 heavy (non-hydrogen) atoms. The van der Waals surface area contributed by atoms with Crippen molar-refractivity contribution in [3.05, 3.63) is 30.1 Å². The Morgan fingerprint density at radius 3 is 2.81 bits per heavy atom. The van der Waals surface area contributed by atoms with Crippen LogP contribution in [0.15, 0.2) is 30.1 Å². The Bertz CT molecular complexity index is 485. The Kier molecular flexibility index (Phi) is 5.04. The lowest BCUT2D eigenvalue weighted by molar-refractivity contribution is 0.199. The number of nitrogens with one attached hydrogen (secondary N) is 1. The van der Waals surface area contributed by atoms with Gasteiger partial charge >= 0.3 is 6.03 Å². The lowest BCUT2D eigenvalue weighted by Crippen LogP contribution is -2.43. The highest BCUT2D eigenvalue weighted by atomic mass is 16.2. The van der Waals surface area contributed by atoms with Crippen molar-refractivity contribution in [3.63, 3.8) is 0 Å². The summed E-state index contributed by atoms with van der Waals surface area (Å²) >= 11 is 0. The van der Waals surface area contributed by atoms with Crippen LogP contribution in [0.2, 0.25) is 0 Å². The normalized spacial score (nSPS) is 15.8. The third-order valence-corrected chi connectivity index (χ3v) is 3.86. The Hall–Kier alpha value is -1.78. The molecule has 0 aromatic carbocycles. The molecule has 5 nitrogen and oxygen atoms in total. The summed E-state index contributed by atoms with van der Waals surface area (Å²) in [6.07, 6.45) is 7.78. The largest absolute Gasteiger partial charge is 0.338 e. The van der Waals surface area contributed by atoms with Gasteiger partial charge in [0.1, 0.15) is 0 Å². The van der Waals surface area contributed by atoms with Crippen molar-refractivity contribution in [3.8, 4) is 0 Å². The lowest BCUT2D eigenvalue weighted by Gasteiger charge is -2.32. The molecule has 2 rings (SSSR count). The van der Waals surface area contributed by atoms with Gasteiger partial charge in [0.25, 0.3) is 0 Å². The van der Waals surface area contributed by atoms with Gasteiger partial charge in [0.15, 0.2) is 0 Å². The van der Waals surface area contributed by atoms with E-state index in [1.54, 1.807) is 6.20 Å². The first-order valence-corrected chi connectivity index (χ1v) is 7.66. The van der Waals surface area contributed by atoms with Gasteiger partial charge in [-0.3, -0.25) is 4.68 Å². The Balaban J connectivity index is 1.69. The fourth-order valence-electron chi connectivity index (χ4n) is 2.52. The maximum atomic E-state index is 12.1. The summed E-state index contributed by atoms with van der Waals surface area (Å²) in [7, 11) is 0. The van der Waals surface area contributed by atoms with Crippen LogP contribution in [0.1, 0.15) is 33.6 Å². The first kappa shape index (κ1) is 15.6. The van der Waals surface area contributed by atoms with Gasteiger partial charge in [0.2, 0.25) is 0 Å². The van der Waals surface area contributed by atoms with Crippen LogP contribution in [-0.2, 0) is 6.54 Å². The molecule has 1 aliphatic rings. The number of hydrogen-bond donors (Lipinski definition) is 1. The molecular weight excluding hydrogens is 264 g/mol. The van der Waals surface area contributed by atoms with Gasteiger partial charge in [0.05, 0.1) is 0 Å². The number of hydrogen-bond acceptors (Lipinski definition) is 2. The molecule has 0 saturated carbocycles. The summed E-state index contributed by atoms with van der Waals surface area (Å²) in [4.78, 5) is 14.0. The van der Waals surface area contributed by atoms with Crippen molar-refractivity contribution in [1.82, 2.24) is 20.0 Å². The number of carbonyl (C=O) groups is 1. The molecule has 0 fully saturated rings. The number of urea groups is 1. The van der Waals surface area contributed by atoms with E-state index >= 15 is 0 Å². The van der Waals surface area contributed by atoms with Crippen LogP contribution in [0.25, 0.3) is 0 Å². The number of aromatic nitrogens is 2. The number of amides is 2. The molecule has 1 N–H and O–H groups in total. The third kappa shape index (κ3) is 4.62. The fraction of sp³-hybridized carbons (Fsp3) is 0.625. The van der Waals surface area contributed by atoms with Crippen LogP contribution >= 0.6 is 0 Å². The molecule has 2 heterocycles. The van der Waals surface area contributed by atoms with Gasteiger partial charge in [-0.25, -0.2) is 4.79 Å². The van der Waals surface area contributed by atoms with E-state index in [9.17, 15) is 4.79 Å². The lowest BCUT2D eigenvalue weighted by atomic mass is 9.83. The van der Waals surface area contributed by atoms with Gasteiger partial charge < -0.3 is 10.2 Å². The van der Waals surface area contributed by atoms with E-state index in [1.807, 2.05) is 21.8 Å². The zero-order valence-corrected chi connectivity index (χ0v) is 13.3. The standard InChI is InChI=1S/C16H26N4O/c1-16(2,3)14-6-12-19(13-7-14)15(21)17-8-4-10-20-11-5-9-18-20/h5-6,9,11H,4,7-8,10,12-13H2,1-3H3,(H,17,21). The predicted molar refractivity (Wildman–Crippen MR) is 84.0 cm³/mol. The molecular formula is C16H26N4O. The highest BCUT2D eigenvalue weighted by Gasteiger charge is 2.23. The van der Waals surface area contributed by atoms with Gasteiger partial charge in [-0.1, -0.05) is 32.4 Å². The maximum absolute atomic E-state index is 12.1. The highest BCUT2D eigenvalue weighted by molar-refractivity contribution is 5.74. The second-order valence-electron chi connectivity index (χ2n) is 6.53. The predicted octanol–water partition coefficient (Wildman–Crippen LogP) is 2.66. The summed E-state index contributed by atoms with van der Waals surface area (Å²) in [5, 5.41) is 7.12. The molecule has 5 heteroatoms. The minimum absolute atomic E-state index is 0.0414. The second-order valence-corrected chi connectivity index (χ2v) is 6.53. The van der Waals surface area contributed by atoms with Crippen LogP contribution in [0.3, 0.4) is 0 Å². The molecule has 0 aliphatic carbocycles. The van der Waals surface area contributed by atoms with Crippen molar-refractivity contribution in [2.75, 3.05) is 19.6 Å². The van der Waals surface area contributed by atoms with Gasteiger partial charge in [-0.2, -0.15) is 5.10 Å². The molecule has 0 spiro atoms. The van der Waals surface area contributed by atoms with Crippen LogP contribution in [0.4, 0.5) is 4.79 Å². The Morgan fingerprint density at radius 1 is 1.43 bits per heavy atom. The van der Waals surface area contributed by atoms with E-state index in [1.165, 1.54) is 5.57 Å². The molecule has 0 atom stereocenters. The highest BCUT2D eigenvalue weighted by Crippen LogP contribution is 2.29. The minimum Gasteiger partial charge on any atom is -0.338 e. The van der Waals surface area contributed by atoms with E-state index in [0.29, 0.717) is 6.54 Å². The molecule has 0 bridgehead atoms. The summed E-state index contributed by atoms with van der Waals surface area (Å²) in [6, 6.07) is 1.95. The zero-order valence-electron chi connectivity index (χ0n) is 13.3. The van der Waals surface area contributed by atoms with Crippen molar-refractivity contribution in [1.29, 1.82) is 0 Å². The van der Waals surface area contributed by atoms with Crippen molar-refractivity contribution in [2.24, 2.45) is 5.41 Å². The number of nitrogens with zero attached hydrogens (tertiary/aromatic N) is 3. The van der Waals surface area contributed by atoms with Crippen LogP contribution in [0, 0.1) is 5.41 Å². The van der Waals surface area contributed by atoms with Gasteiger partial charge in [0, 0.05) is 38.6 Å². The summed E-state index contributed by atoms with van der Waals surface area (Å²) in [5.74, 6) is 0. The Morgan fingerprint density at radius 2 is 2.24 bits per heavy atom. The van der Waals surface area contributed by atoms with Crippen molar-refractivity contribution >= 4 is 6.03 Å². The fourth-order valence-corrected chi connectivity index (χ4v) is 2.52.